The van der Waals surface area contributed by atoms with Crippen LogP contribution in [-0.2, 0) is 11.3 Å². The van der Waals surface area contributed by atoms with E-state index in [-0.39, 0.29) is 11.7 Å². The standard InChI is InChI=1S/C23H24F3N5OS/c1-16(18-9-10-18)31(15-23(24,25)26)20(32)14-33-22-29-28-21(19-8-5-11-27-12-19)30(22)13-17-6-3-2-4-7-17/h2-8,11-12,16,18H,9-10,13-15H2,1H3. The van der Waals surface area contributed by atoms with Crippen molar-refractivity contribution in [2.45, 2.75) is 43.7 Å². The van der Waals surface area contributed by atoms with Gasteiger partial charge >= 0.3 is 6.18 Å². The summed E-state index contributed by atoms with van der Waals surface area (Å²) in [6.07, 6.45) is 0.607. The van der Waals surface area contributed by atoms with Gasteiger partial charge in [0, 0.05) is 24.0 Å². The van der Waals surface area contributed by atoms with Crippen molar-refractivity contribution in [1.82, 2.24) is 24.6 Å². The van der Waals surface area contributed by atoms with Gasteiger partial charge in [0.1, 0.15) is 6.54 Å². The minimum Gasteiger partial charge on any atom is -0.330 e. The van der Waals surface area contributed by atoms with E-state index in [0.29, 0.717) is 17.5 Å². The monoisotopic (exact) mass is 475 g/mol. The lowest BCUT2D eigenvalue weighted by atomic mass is 10.2. The Bertz CT molecular complexity index is 1070. The zero-order chi connectivity index (χ0) is 23.4. The fourth-order valence-corrected chi connectivity index (χ4v) is 4.53. The summed E-state index contributed by atoms with van der Waals surface area (Å²) in [4.78, 5) is 18.0. The predicted molar refractivity (Wildman–Crippen MR) is 119 cm³/mol. The molecule has 0 bridgehead atoms. The number of nitrogens with zero attached hydrogens (tertiary/aromatic N) is 5. The minimum absolute atomic E-state index is 0.139. The Balaban J connectivity index is 1.55. The van der Waals surface area contributed by atoms with E-state index in [1.54, 1.807) is 25.4 Å². The Hall–Kier alpha value is -2.88. The van der Waals surface area contributed by atoms with Crippen LogP contribution in [0, 0.1) is 5.92 Å². The second kappa shape index (κ2) is 9.94. The molecule has 2 aromatic heterocycles. The molecule has 0 spiro atoms. The van der Waals surface area contributed by atoms with Crippen LogP contribution in [0.1, 0.15) is 25.3 Å². The van der Waals surface area contributed by atoms with Gasteiger partial charge in [0.2, 0.25) is 5.91 Å². The molecule has 3 aromatic rings. The van der Waals surface area contributed by atoms with Gasteiger partial charge in [-0.3, -0.25) is 14.3 Å². The maximum atomic E-state index is 13.1. The second-order valence-corrected chi connectivity index (χ2v) is 9.07. The Morgan fingerprint density at radius 3 is 2.58 bits per heavy atom. The number of amides is 1. The SMILES string of the molecule is CC(C1CC1)N(CC(F)(F)F)C(=O)CSc1nnc(-c2cccnc2)n1Cc1ccccc1. The molecule has 1 aliphatic carbocycles. The molecule has 0 aliphatic heterocycles. The lowest BCUT2D eigenvalue weighted by molar-refractivity contribution is -0.164. The number of halogens is 3. The smallest absolute Gasteiger partial charge is 0.330 e. The van der Waals surface area contributed by atoms with Crippen LogP contribution in [0.25, 0.3) is 11.4 Å². The summed E-state index contributed by atoms with van der Waals surface area (Å²) in [5.74, 6) is 0.0298. The minimum atomic E-state index is -4.44. The van der Waals surface area contributed by atoms with Crippen LogP contribution < -0.4 is 0 Å². The molecule has 6 nitrogen and oxygen atoms in total. The van der Waals surface area contributed by atoms with Gasteiger partial charge in [-0.15, -0.1) is 10.2 Å². The molecule has 174 valence electrons. The van der Waals surface area contributed by atoms with Crippen molar-refractivity contribution >= 4 is 17.7 Å². The van der Waals surface area contributed by atoms with E-state index in [1.807, 2.05) is 41.0 Å². The maximum Gasteiger partial charge on any atom is 0.406 e. The summed E-state index contributed by atoms with van der Waals surface area (Å²) in [5.41, 5.74) is 1.77. The van der Waals surface area contributed by atoms with Crippen molar-refractivity contribution < 1.29 is 18.0 Å². The van der Waals surface area contributed by atoms with E-state index in [4.69, 9.17) is 0 Å². The number of thioether (sulfide) groups is 1. The summed E-state index contributed by atoms with van der Waals surface area (Å²) >= 11 is 1.10. The third-order valence-electron chi connectivity index (χ3n) is 5.61. The number of hydrogen-bond donors (Lipinski definition) is 0. The lowest BCUT2D eigenvalue weighted by Crippen LogP contribution is -2.46. The van der Waals surface area contributed by atoms with Crippen LogP contribution in [0.2, 0.25) is 0 Å². The van der Waals surface area contributed by atoms with Crippen molar-refractivity contribution in [3.8, 4) is 11.4 Å². The first-order valence-electron chi connectivity index (χ1n) is 10.7. The summed E-state index contributed by atoms with van der Waals surface area (Å²) in [6.45, 7) is 0.922. The molecule has 0 radical (unpaired) electrons. The Labute approximate surface area is 194 Å². The average molecular weight is 476 g/mol. The quantitative estimate of drug-likeness (QED) is 0.421. The van der Waals surface area contributed by atoms with Gasteiger partial charge in [-0.2, -0.15) is 13.2 Å². The van der Waals surface area contributed by atoms with Crippen LogP contribution >= 0.6 is 11.8 Å². The Morgan fingerprint density at radius 1 is 1.18 bits per heavy atom. The van der Waals surface area contributed by atoms with Crippen molar-refractivity contribution in [2.75, 3.05) is 12.3 Å². The first-order chi connectivity index (χ1) is 15.8. The highest BCUT2D eigenvalue weighted by Crippen LogP contribution is 2.36. The molecule has 0 saturated heterocycles. The normalized spacial score (nSPS) is 14.8. The Morgan fingerprint density at radius 2 is 1.94 bits per heavy atom. The van der Waals surface area contributed by atoms with E-state index in [2.05, 4.69) is 15.2 Å². The first-order valence-corrected chi connectivity index (χ1v) is 11.7. The van der Waals surface area contributed by atoms with Gasteiger partial charge < -0.3 is 4.90 Å². The molecule has 1 saturated carbocycles. The second-order valence-electron chi connectivity index (χ2n) is 8.12. The van der Waals surface area contributed by atoms with E-state index in [1.165, 1.54) is 0 Å². The molecule has 1 amide bonds. The number of benzene rings is 1. The van der Waals surface area contributed by atoms with Gasteiger partial charge in [-0.05, 0) is 43.4 Å². The summed E-state index contributed by atoms with van der Waals surface area (Å²) < 4.78 is 41.3. The Kier molecular flexibility index (Phi) is 7.02. The van der Waals surface area contributed by atoms with Crippen molar-refractivity contribution in [2.24, 2.45) is 5.92 Å². The molecule has 1 aliphatic rings. The highest BCUT2D eigenvalue weighted by molar-refractivity contribution is 7.99. The average Bonchev–Trinajstić information content (AvgIpc) is 3.58. The van der Waals surface area contributed by atoms with Gasteiger partial charge in [0.15, 0.2) is 11.0 Å². The number of rotatable bonds is 9. The van der Waals surface area contributed by atoms with Gasteiger partial charge in [0.05, 0.1) is 12.3 Å². The highest BCUT2D eigenvalue weighted by atomic mass is 32.2. The topological polar surface area (TPSA) is 63.9 Å². The van der Waals surface area contributed by atoms with Crippen LogP contribution in [0.15, 0.2) is 60.0 Å². The third kappa shape index (κ3) is 6.13. The number of aromatic nitrogens is 4. The zero-order valence-electron chi connectivity index (χ0n) is 18.1. The molecule has 4 rings (SSSR count). The van der Waals surface area contributed by atoms with E-state index in [0.717, 1.165) is 40.6 Å². The number of alkyl halides is 3. The molecule has 1 unspecified atom stereocenters. The largest absolute Gasteiger partial charge is 0.406 e. The van der Waals surface area contributed by atoms with Crippen molar-refractivity contribution in [1.29, 1.82) is 0 Å². The number of pyridine rings is 1. The van der Waals surface area contributed by atoms with Crippen molar-refractivity contribution in [3.63, 3.8) is 0 Å². The fourth-order valence-electron chi connectivity index (χ4n) is 3.71. The van der Waals surface area contributed by atoms with Crippen LogP contribution in [-0.4, -0.2) is 55.1 Å². The number of carbonyl (C=O) groups excluding carboxylic acids is 1. The lowest BCUT2D eigenvalue weighted by Gasteiger charge is -2.30. The molecule has 1 atom stereocenters. The van der Waals surface area contributed by atoms with E-state index >= 15 is 0 Å². The summed E-state index contributed by atoms with van der Waals surface area (Å²) in [5, 5.41) is 9.00. The molecular weight excluding hydrogens is 451 g/mol. The molecule has 10 heteroatoms. The summed E-state index contributed by atoms with van der Waals surface area (Å²) in [6, 6.07) is 12.9. The highest BCUT2D eigenvalue weighted by Gasteiger charge is 2.40. The molecular formula is C23H24F3N5OS. The number of hydrogen-bond acceptors (Lipinski definition) is 5. The fraction of sp³-hybridized carbons (Fsp3) is 0.391. The maximum absolute atomic E-state index is 13.1. The number of carbonyl (C=O) groups is 1. The van der Waals surface area contributed by atoms with Crippen LogP contribution in [0.5, 0.6) is 0 Å². The first kappa shape index (κ1) is 23.3. The molecule has 1 aromatic carbocycles. The predicted octanol–water partition coefficient (Wildman–Crippen LogP) is 4.67. The third-order valence-corrected chi connectivity index (χ3v) is 6.56. The van der Waals surface area contributed by atoms with Crippen LogP contribution in [0.4, 0.5) is 13.2 Å². The molecule has 33 heavy (non-hydrogen) atoms. The zero-order valence-corrected chi connectivity index (χ0v) is 18.9. The molecule has 1 fully saturated rings. The molecule has 0 N–H and O–H groups in total. The molecule has 2 heterocycles. The van der Waals surface area contributed by atoms with Gasteiger partial charge in [-0.25, -0.2) is 0 Å². The van der Waals surface area contributed by atoms with Crippen LogP contribution in [0.3, 0.4) is 0 Å². The van der Waals surface area contributed by atoms with Gasteiger partial charge in [-0.1, -0.05) is 42.1 Å². The summed E-state index contributed by atoms with van der Waals surface area (Å²) in [7, 11) is 0. The van der Waals surface area contributed by atoms with Gasteiger partial charge in [0.25, 0.3) is 0 Å². The van der Waals surface area contributed by atoms with E-state index in [9.17, 15) is 18.0 Å². The van der Waals surface area contributed by atoms with E-state index < -0.39 is 24.7 Å². The van der Waals surface area contributed by atoms with Crippen molar-refractivity contribution in [3.05, 3.63) is 60.4 Å².